The van der Waals surface area contributed by atoms with Gasteiger partial charge in [0.1, 0.15) is 69.3 Å². The zero-order valence-corrected chi connectivity index (χ0v) is 21.9. The van der Waals surface area contributed by atoms with Gasteiger partial charge in [-0.3, -0.25) is 9.59 Å². The Bertz CT molecular complexity index is 1690. The number of hydrogen-bond donors (Lipinski definition) is 6. The van der Waals surface area contributed by atoms with Gasteiger partial charge in [-0.2, -0.15) is 0 Å². The predicted octanol–water partition coefficient (Wildman–Crippen LogP) is 5.09. The first-order chi connectivity index (χ1) is 18.8. The first-order valence-electron chi connectivity index (χ1n) is 12.7. The molecule has 6 N–H and O–H groups in total. The Kier molecular flexibility index (Phi) is 5.29. The minimum absolute atomic E-state index is 0.0155. The van der Waals surface area contributed by atoms with Gasteiger partial charge in [-0.05, 0) is 26.0 Å². The zero-order chi connectivity index (χ0) is 28.9. The SMILES string of the molecule is C[C@@H]1Oc2cc3c(-c4c(O)cc(O)c5c(O)c6c(cc45)O[C@@H](C)[C@@H](C)C6=O)c(O)cc(O)c3c(O)c2C(=O)[C@@H]1C. The van der Waals surface area contributed by atoms with E-state index in [0.717, 1.165) is 12.1 Å². The van der Waals surface area contributed by atoms with Crippen molar-refractivity contribution in [2.45, 2.75) is 39.9 Å². The van der Waals surface area contributed by atoms with Crippen LogP contribution in [0.2, 0.25) is 0 Å². The monoisotopic (exact) mass is 546 g/mol. The van der Waals surface area contributed by atoms with Crippen molar-refractivity contribution in [1.82, 2.24) is 0 Å². The van der Waals surface area contributed by atoms with Crippen LogP contribution in [0.15, 0.2) is 24.3 Å². The topological polar surface area (TPSA) is 174 Å². The molecule has 0 saturated carbocycles. The summed E-state index contributed by atoms with van der Waals surface area (Å²) in [5, 5.41) is 65.7. The van der Waals surface area contributed by atoms with Crippen molar-refractivity contribution in [1.29, 1.82) is 0 Å². The Morgan fingerprint density at radius 2 is 0.875 bits per heavy atom. The lowest BCUT2D eigenvalue weighted by molar-refractivity contribution is 0.0716. The number of fused-ring (bicyclic) bond motifs is 4. The van der Waals surface area contributed by atoms with Gasteiger partial charge in [0.25, 0.3) is 0 Å². The number of phenols is 6. The van der Waals surface area contributed by atoms with Crippen LogP contribution in [0.3, 0.4) is 0 Å². The number of carbonyl (C=O) groups excluding carboxylic acids is 2. The summed E-state index contributed by atoms with van der Waals surface area (Å²) in [6, 6.07) is 4.65. The van der Waals surface area contributed by atoms with Crippen LogP contribution in [0, 0.1) is 11.8 Å². The third-order valence-corrected chi connectivity index (χ3v) is 8.24. The summed E-state index contributed by atoms with van der Waals surface area (Å²) in [7, 11) is 0. The van der Waals surface area contributed by atoms with E-state index in [1.807, 2.05) is 0 Å². The fraction of sp³-hybridized carbons (Fsp3) is 0.267. The fourth-order valence-corrected chi connectivity index (χ4v) is 5.70. The smallest absolute Gasteiger partial charge is 0.176 e. The number of hydrogen-bond acceptors (Lipinski definition) is 10. The van der Waals surface area contributed by atoms with Crippen LogP contribution in [0.4, 0.5) is 0 Å². The minimum atomic E-state index is -0.568. The summed E-state index contributed by atoms with van der Waals surface area (Å²) in [5.41, 5.74) is -0.435. The molecule has 4 aromatic rings. The maximum atomic E-state index is 13.0. The lowest BCUT2D eigenvalue weighted by Gasteiger charge is -2.30. The van der Waals surface area contributed by atoms with Gasteiger partial charge in [-0.1, -0.05) is 13.8 Å². The number of benzene rings is 4. The molecule has 6 rings (SSSR count). The molecule has 0 amide bonds. The lowest BCUT2D eigenvalue weighted by Crippen LogP contribution is -2.33. The third kappa shape index (κ3) is 3.22. The Balaban J connectivity index is 1.76. The van der Waals surface area contributed by atoms with Gasteiger partial charge in [0.2, 0.25) is 0 Å². The van der Waals surface area contributed by atoms with E-state index in [1.165, 1.54) is 12.1 Å². The zero-order valence-electron chi connectivity index (χ0n) is 21.9. The van der Waals surface area contributed by atoms with Crippen LogP contribution in [0.1, 0.15) is 48.4 Å². The molecule has 2 aliphatic rings. The summed E-state index contributed by atoms with van der Waals surface area (Å²) in [6.45, 7) is 6.71. The third-order valence-electron chi connectivity index (χ3n) is 8.24. The standard InChI is InChI=1S/C30H26O10/c1-9-11(3)39-19-5-13-21(15(31)7-17(33)23(13)29(37)25(19)27(9)35)22-14-6-20-26(28(36)10(2)12(4)40-20)30(38)24(14)18(34)8-16(22)32/h5-12,31-34,37-38H,1-4H3/t9-,10-,11+,12+/m1/s1. The second-order valence-electron chi connectivity index (χ2n) is 10.6. The van der Waals surface area contributed by atoms with Crippen LogP contribution in [0.5, 0.6) is 46.0 Å². The van der Waals surface area contributed by atoms with E-state index < -0.39 is 58.5 Å². The molecule has 10 heteroatoms. The Hall–Kier alpha value is -4.86. The van der Waals surface area contributed by atoms with Crippen LogP contribution >= 0.6 is 0 Å². The van der Waals surface area contributed by atoms with Crippen molar-refractivity contribution in [3.63, 3.8) is 0 Å². The van der Waals surface area contributed by atoms with Crippen molar-refractivity contribution in [3.05, 3.63) is 35.4 Å². The molecule has 0 bridgehead atoms. The number of ether oxygens (including phenoxy) is 2. The number of Topliss-reactive ketones (excluding diaryl/α,β-unsaturated/α-hetero) is 2. The van der Waals surface area contributed by atoms with Gasteiger partial charge in [0, 0.05) is 34.0 Å². The molecule has 0 aliphatic carbocycles. The number of aromatic hydroxyl groups is 6. The highest BCUT2D eigenvalue weighted by molar-refractivity contribution is 6.19. The molecule has 0 saturated heterocycles. The van der Waals surface area contributed by atoms with Crippen molar-refractivity contribution < 1.29 is 49.7 Å². The summed E-state index contributed by atoms with van der Waals surface area (Å²) in [6.07, 6.45) is -1.06. The summed E-state index contributed by atoms with van der Waals surface area (Å²) in [5.74, 6) is -5.10. The second kappa shape index (κ2) is 8.32. The molecule has 40 heavy (non-hydrogen) atoms. The highest BCUT2D eigenvalue weighted by Crippen LogP contribution is 2.55. The Morgan fingerprint density at radius 3 is 1.23 bits per heavy atom. The van der Waals surface area contributed by atoms with Gasteiger partial charge in [0.05, 0.1) is 22.6 Å². The molecular weight excluding hydrogens is 520 g/mol. The van der Waals surface area contributed by atoms with E-state index >= 15 is 0 Å². The van der Waals surface area contributed by atoms with E-state index in [1.54, 1.807) is 27.7 Å². The maximum absolute atomic E-state index is 13.0. The molecule has 206 valence electrons. The van der Waals surface area contributed by atoms with Gasteiger partial charge >= 0.3 is 0 Å². The summed E-state index contributed by atoms with van der Waals surface area (Å²) < 4.78 is 11.8. The van der Waals surface area contributed by atoms with E-state index in [0.29, 0.717) is 0 Å². The first-order valence-corrected chi connectivity index (χ1v) is 12.7. The normalized spacial score (nSPS) is 22.1. The van der Waals surface area contributed by atoms with Crippen LogP contribution < -0.4 is 9.47 Å². The van der Waals surface area contributed by atoms with Crippen LogP contribution in [0.25, 0.3) is 32.7 Å². The molecule has 4 aromatic carbocycles. The molecule has 0 fully saturated rings. The predicted molar refractivity (Wildman–Crippen MR) is 144 cm³/mol. The van der Waals surface area contributed by atoms with E-state index in [-0.39, 0.29) is 66.9 Å². The molecular formula is C30H26O10. The maximum Gasteiger partial charge on any atom is 0.176 e. The van der Waals surface area contributed by atoms with Crippen molar-refractivity contribution >= 4 is 33.1 Å². The average Bonchev–Trinajstić information content (AvgIpc) is 2.86. The molecule has 10 nitrogen and oxygen atoms in total. The molecule has 4 atom stereocenters. The highest BCUT2D eigenvalue weighted by atomic mass is 16.5. The molecule has 0 spiro atoms. The van der Waals surface area contributed by atoms with Crippen molar-refractivity contribution in [2.24, 2.45) is 11.8 Å². The average molecular weight is 547 g/mol. The largest absolute Gasteiger partial charge is 0.507 e. The van der Waals surface area contributed by atoms with Crippen LogP contribution in [-0.2, 0) is 0 Å². The fourth-order valence-electron chi connectivity index (χ4n) is 5.70. The quantitative estimate of drug-likeness (QED) is 0.189. The molecule has 2 heterocycles. The van der Waals surface area contributed by atoms with Crippen molar-refractivity contribution in [3.8, 4) is 57.1 Å². The number of rotatable bonds is 1. The summed E-state index contributed by atoms with van der Waals surface area (Å²) >= 11 is 0. The molecule has 2 aliphatic heterocycles. The number of carbonyl (C=O) groups is 2. The van der Waals surface area contributed by atoms with Gasteiger partial charge < -0.3 is 40.1 Å². The van der Waals surface area contributed by atoms with Crippen LogP contribution in [-0.4, -0.2) is 54.4 Å². The lowest BCUT2D eigenvalue weighted by atomic mass is 9.84. The Morgan fingerprint density at radius 1 is 0.525 bits per heavy atom. The first kappa shape index (κ1) is 25.4. The molecule has 0 unspecified atom stereocenters. The summed E-state index contributed by atoms with van der Waals surface area (Å²) in [4.78, 5) is 26.1. The van der Waals surface area contributed by atoms with E-state index in [4.69, 9.17) is 9.47 Å². The second-order valence-corrected chi connectivity index (χ2v) is 10.6. The van der Waals surface area contributed by atoms with Gasteiger partial charge in [-0.25, -0.2) is 0 Å². The van der Waals surface area contributed by atoms with Crippen molar-refractivity contribution in [2.75, 3.05) is 0 Å². The highest BCUT2D eigenvalue weighted by Gasteiger charge is 2.38. The minimum Gasteiger partial charge on any atom is -0.507 e. The van der Waals surface area contributed by atoms with Gasteiger partial charge in [0.15, 0.2) is 11.6 Å². The van der Waals surface area contributed by atoms with E-state index in [9.17, 15) is 40.2 Å². The molecule has 0 radical (unpaired) electrons. The molecule has 0 aromatic heterocycles. The van der Waals surface area contributed by atoms with E-state index in [2.05, 4.69) is 0 Å². The number of phenolic OH excluding ortho intramolecular Hbond substituents is 6. The Labute approximate surface area is 227 Å². The number of ketones is 2. The van der Waals surface area contributed by atoms with Gasteiger partial charge in [-0.15, -0.1) is 0 Å².